The summed E-state index contributed by atoms with van der Waals surface area (Å²) < 4.78 is 20.2. The van der Waals surface area contributed by atoms with Crippen LogP contribution in [0.2, 0.25) is 51.4 Å². The summed E-state index contributed by atoms with van der Waals surface area (Å²) in [4.78, 5) is 69.3. The van der Waals surface area contributed by atoms with Crippen LogP contribution in [0.3, 0.4) is 0 Å². The topological polar surface area (TPSA) is 183 Å². The van der Waals surface area contributed by atoms with E-state index in [1.165, 1.54) is 0 Å². The Kier molecular flexibility index (Phi) is 17.3. The van der Waals surface area contributed by atoms with Crippen LogP contribution in [0, 0.1) is 16.2 Å². The Bertz CT molecular complexity index is 3870. The second-order valence-corrected chi connectivity index (χ2v) is 37.9. The van der Waals surface area contributed by atoms with Gasteiger partial charge in [-0.15, -0.1) is 0 Å². The quantitative estimate of drug-likeness (QED) is 0.0586. The lowest BCUT2D eigenvalue weighted by Gasteiger charge is -2.16. The molecule has 0 aliphatic heterocycles. The number of aromatic nitrogens is 11. The minimum Gasteiger partial charge on any atom is -0.361 e. The summed E-state index contributed by atoms with van der Waals surface area (Å²) in [6.45, 7) is 33.4. The third-order valence-electron chi connectivity index (χ3n) is 13.4. The van der Waals surface area contributed by atoms with Crippen LogP contribution in [0.5, 0.6) is 0 Å². The van der Waals surface area contributed by atoms with Gasteiger partial charge in [-0.2, -0.15) is 0 Å². The maximum absolute atomic E-state index is 13.2. The smallest absolute Gasteiger partial charge is 0.171 e. The van der Waals surface area contributed by atoms with Crippen molar-refractivity contribution in [1.82, 2.24) is 53.2 Å². The Hall–Kier alpha value is -6.78. The van der Waals surface area contributed by atoms with E-state index in [0.29, 0.717) is 86.5 Å². The molecule has 2 aromatic carbocycles. The molecule has 80 heavy (non-hydrogen) atoms. The zero-order chi connectivity index (χ0) is 58.1. The molecule has 0 saturated heterocycles. The molecule has 8 aromatic heterocycles. The lowest BCUT2D eigenvalue weighted by Crippen LogP contribution is -2.22. The van der Waals surface area contributed by atoms with Gasteiger partial charge >= 0.3 is 0 Å². The van der Waals surface area contributed by atoms with Crippen molar-refractivity contribution in [2.24, 2.45) is 16.2 Å². The molecule has 0 aliphatic carbocycles. The third-order valence-corrected chi connectivity index (χ3v) is 17.2. The Labute approximate surface area is 478 Å². The fourth-order valence-corrected chi connectivity index (χ4v) is 10.5. The largest absolute Gasteiger partial charge is 0.361 e. The van der Waals surface area contributed by atoms with Gasteiger partial charge in [-0.05, 0) is 63.1 Å². The highest BCUT2D eigenvalue weighted by atomic mass is 79.9. The van der Waals surface area contributed by atoms with E-state index in [-0.39, 0.29) is 17.3 Å². The van der Waals surface area contributed by atoms with Crippen molar-refractivity contribution < 1.29 is 23.9 Å². The Morgan fingerprint density at radius 1 is 0.537 bits per heavy atom. The standard InChI is InChI=1S/C25H32N4O2Si.C19H18N4O.C17H26BrN3O2Si/c1-25(2,3)23(30)19-16-28(17-31-13-14-32(4,5)6)24-22(19)27-21(15-26-24)29-12-11-18-9-7-8-10-20(18)29;1-19(2,3)17(24)13-10-20-18-16(13)22-15(11-21-18)23-9-8-12-6-4-5-7-14(12)23;1-17(2,3)15(22)12-10-21(11-23-7-8-24(4,5)6)16-14(12)20-13(18)9-19-16/h7-12,15-16H,13-14,17H2,1-6H3;4-11H,1-3H3,(H,20,21);9-10H,7-8,11H2,1-6H3. The first-order valence-electron chi connectivity index (χ1n) is 27.1. The summed E-state index contributed by atoms with van der Waals surface area (Å²) in [5, 5.41) is 2.27. The number of hydrogen-bond donors (Lipinski definition) is 1. The number of para-hydroxylation sites is 2. The Morgan fingerprint density at radius 2 is 0.950 bits per heavy atom. The average Bonchev–Trinajstić information content (AvgIpc) is 4.24. The minimum absolute atomic E-state index is 0.0483. The van der Waals surface area contributed by atoms with Crippen LogP contribution in [0.1, 0.15) is 93.4 Å². The predicted octanol–water partition coefficient (Wildman–Crippen LogP) is 14.8. The zero-order valence-electron chi connectivity index (χ0n) is 49.0. The van der Waals surface area contributed by atoms with Gasteiger partial charge in [0.25, 0.3) is 0 Å². The number of benzene rings is 2. The number of carbonyl (C=O) groups excluding carboxylic acids is 3. The number of ketones is 3. The highest BCUT2D eigenvalue weighted by molar-refractivity contribution is 9.10. The van der Waals surface area contributed by atoms with Crippen LogP contribution in [-0.4, -0.2) is 99.9 Å². The van der Waals surface area contributed by atoms with E-state index >= 15 is 0 Å². The number of carbonyl (C=O) groups is 3. The Morgan fingerprint density at radius 3 is 1.41 bits per heavy atom. The van der Waals surface area contributed by atoms with Crippen LogP contribution in [0.4, 0.5) is 0 Å². The number of nitrogens with zero attached hydrogens (tertiary/aromatic N) is 10. The van der Waals surface area contributed by atoms with Gasteiger partial charge in [0.05, 0.1) is 46.3 Å². The highest BCUT2D eigenvalue weighted by Gasteiger charge is 2.30. The molecule has 0 fully saturated rings. The molecule has 1 N–H and O–H groups in total. The van der Waals surface area contributed by atoms with Gasteiger partial charge in [0, 0.05) is 76.6 Å². The number of halogens is 1. The molecule has 0 saturated carbocycles. The first-order valence-corrected chi connectivity index (χ1v) is 35.3. The number of Topliss-reactive ketones (excluding diaryl/α,β-unsaturated/α-hetero) is 3. The lowest BCUT2D eigenvalue weighted by atomic mass is 9.87. The monoisotopic (exact) mass is 1180 g/mol. The Balaban J connectivity index is 0.000000160. The first kappa shape index (κ1) is 59.3. The fourth-order valence-electron chi connectivity index (χ4n) is 8.75. The summed E-state index contributed by atoms with van der Waals surface area (Å²) >= 11 is 3.34. The lowest BCUT2D eigenvalue weighted by molar-refractivity contribution is 0.0842. The normalized spacial score (nSPS) is 12.6. The molecule has 19 heteroatoms. The van der Waals surface area contributed by atoms with Crippen LogP contribution < -0.4 is 0 Å². The molecule has 420 valence electrons. The van der Waals surface area contributed by atoms with E-state index in [2.05, 4.69) is 99.4 Å². The molecule has 16 nitrogen and oxygen atoms in total. The van der Waals surface area contributed by atoms with Gasteiger partial charge in [0.15, 0.2) is 45.9 Å². The number of ether oxygens (including phenoxy) is 2. The minimum atomic E-state index is -1.17. The molecule has 0 bridgehead atoms. The zero-order valence-corrected chi connectivity index (χ0v) is 52.6. The van der Waals surface area contributed by atoms with Gasteiger partial charge in [0.1, 0.15) is 34.6 Å². The first-order chi connectivity index (χ1) is 37.5. The number of nitrogens with one attached hydrogen (secondary N) is 1. The summed E-state index contributed by atoms with van der Waals surface area (Å²) in [7, 11) is -2.28. The molecular weight excluding hydrogens is 1100 g/mol. The SMILES string of the molecule is CC(C)(C)C(=O)c1c[nH]c2ncc(-n3ccc4ccccc43)nc12.CC(C)(C)C(=O)c1cn(COCC[Si](C)(C)C)c2ncc(-n3ccc4ccccc43)nc12.CC(C)(C)C(=O)c1cn(COCC[Si](C)(C)C)c2ncc(Br)nc12. The summed E-state index contributed by atoms with van der Waals surface area (Å²) in [6.07, 6.45) is 14.5. The molecule has 0 atom stereocenters. The van der Waals surface area contributed by atoms with Crippen molar-refractivity contribution in [2.45, 2.75) is 127 Å². The molecule has 8 heterocycles. The van der Waals surface area contributed by atoms with Gasteiger partial charge in [0.2, 0.25) is 0 Å². The van der Waals surface area contributed by atoms with Crippen molar-refractivity contribution in [3.8, 4) is 11.6 Å². The highest BCUT2D eigenvalue weighted by Crippen LogP contribution is 2.31. The molecule has 0 unspecified atom stereocenters. The van der Waals surface area contributed by atoms with E-state index in [1.54, 1.807) is 24.8 Å². The summed E-state index contributed by atoms with van der Waals surface area (Å²) in [5.74, 6) is 1.55. The van der Waals surface area contributed by atoms with Crippen molar-refractivity contribution in [2.75, 3.05) is 13.2 Å². The third kappa shape index (κ3) is 13.9. The van der Waals surface area contributed by atoms with E-state index in [1.807, 2.05) is 142 Å². The van der Waals surface area contributed by atoms with Crippen molar-refractivity contribution in [3.63, 3.8) is 0 Å². The number of hydrogen-bond acceptors (Lipinski definition) is 11. The van der Waals surface area contributed by atoms with Crippen molar-refractivity contribution >= 4 is 105 Å². The van der Waals surface area contributed by atoms with Gasteiger partial charge in [-0.3, -0.25) is 23.5 Å². The molecule has 0 aliphatic rings. The predicted molar refractivity (Wildman–Crippen MR) is 330 cm³/mol. The number of rotatable bonds is 15. The van der Waals surface area contributed by atoms with E-state index in [0.717, 1.165) is 40.5 Å². The van der Waals surface area contributed by atoms with Gasteiger partial charge in [-0.25, -0.2) is 29.9 Å². The number of H-pyrrole nitrogens is 1. The molecule has 0 spiro atoms. The van der Waals surface area contributed by atoms with Crippen molar-refractivity contribution in [1.29, 1.82) is 0 Å². The van der Waals surface area contributed by atoms with Crippen LogP contribution in [0.15, 0.2) is 115 Å². The molecule has 10 aromatic rings. The van der Waals surface area contributed by atoms with E-state index < -0.39 is 32.4 Å². The second-order valence-electron chi connectivity index (χ2n) is 25.8. The maximum atomic E-state index is 13.2. The number of aromatic amines is 1. The van der Waals surface area contributed by atoms with E-state index in [9.17, 15) is 14.4 Å². The summed E-state index contributed by atoms with van der Waals surface area (Å²) in [5.41, 5.74) is 6.27. The van der Waals surface area contributed by atoms with Crippen LogP contribution in [-0.2, 0) is 22.9 Å². The summed E-state index contributed by atoms with van der Waals surface area (Å²) in [6, 6.07) is 22.6. The number of fused-ring (bicyclic) bond motifs is 5. The van der Waals surface area contributed by atoms with Gasteiger partial charge in [-0.1, -0.05) is 138 Å². The fraction of sp³-hybridized carbons (Fsp3) is 0.393. The van der Waals surface area contributed by atoms with Gasteiger partial charge < -0.3 is 23.6 Å². The van der Waals surface area contributed by atoms with E-state index in [4.69, 9.17) is 24.4 Å². The maximum Gasteiger partial charge on any atom is 0.171 e. The average molecular weight is 1180 g/mol. The second kappa shape index (κ2) is 23.4. The molecule has 0 radical (unpaired) electrons. The molecule has 0 amide bonds. The molecule has 10 rings (SSSR count). The van der Waals surface area contributed by atoms with Crippen LogP contribution in [0.25, 0.3) is 66.9 Å². The van der Waals surface area contributed by atoms with Crippen molar-refractivity contribution in [3.05, 3.63) is 132 Å². The molecular formula is C61H76BrN11O5Si2. The van der Waals surface area contributed by atoms with Crippen LogP contribution >= 0.6 is 15.9 Å².